The van der Waals surface area contributed by atoms with E-state index in [2.05, 4.69) is 0 Å². The van der Waals surface area contributed by atoms with Crippen molar-refractivity contribution in [1.29, 1.82) is 0 Å². The van der Waals surface area contributed by atoms with Crippen molar-refractivity contribution >= 4 is 5.91 Å². The number of carbonyl (C=O) groups is 1. The van der Waals surface area contributed by atoms with Gasteiger partial charge in [-0.2, -0.15) is 0 Å². The van der Waals surface area contributed by atoms with E-state index in [0.717, 1.165) is 5.56 Å². The summed E-state index contributed by atoms with van der Waals surface area (Å²) in [5.74, 6) is 0.105. The van der Waals surface area contributed by atoms with Crippen molar-refractivity contribution in [3.05, 3.63) is 35.9 Å². The Morgan fingerprint density at radius 2 is 1.67 bits per heavy atom. The minimum absolute atomic E-state index is 0.0568. The molecule has 0 bridgehead atoms. The Morgan fingerprint density at radius 1 is 1.11 bits per heavy atom. The molecule has 1 aromatic carbocycles. The molecule has 98 valence electrons. The minimum Gasteiger partial charge on any atom is -0.354 e. The highest BCUT2D eigenvalue weighted by Crippen LogP contribution is 2.40. The van der Waals surface area contributed by atoms with E-state index in [1.807, 2.05) is 62.9 Å². The molecule has 1 heterocycles. The number of epoxide rings is 1. The molecule has 1 aromatic rings. The maximum atomic E-state index is 12.4. The van der Waals surface area contributed by atoms with E-state index in [-0.39, 0.29) is 30.2 Å². The largest absolute Gasteiger partial charge is 0.354 e. The highest BCUT2D eigenvalue weighted by molar-refractivity contribution is 5.84. The van der Waals surface area contributed by atoms with Crippen LogP contribution < -0.4 is 0 Å². The first kappa shape index (κ1) is 13.1. The molecule has 1 amide bonds. The van der Waals surface area contributed by atoms with Crippen molar-refractivity contribution in [1.82, 2.24) is 4.90 Å². The van der Waals surface area contributed by atoms with E-state index in [9.17, 15) is 4.79 Å². The zero-order valence-corrected chi connectivity index (χ0v) is 11.5. The Kier molecular flexibility index (Phi) is 3.71. The normalized spacial score (nSPS) is 22.3. The molecule has 0 aromatic heterocycles. The van der Waals surface area contributed by atoms with Gasteiger partial charge in [0.05, 0.1) is 0 Å². The summed E-state index contributed by atoms with van der Waals surface area (Å²) in [4.78, 5) is 14.3. The molecule has 3 nitrogen and oxygen atoms in total. The molecule has 1 saturated heterocycles. The summed E-state index contributed by atoms with van der Waals surface area (Å²) in [6.45, 7) is 8.16. The van der Waals surface area contributed by atoms with Gasteiger partial charge >= 0.3 is 0 Å². The summed E-state index contributed by atoms with van der Waals surface area (Å²) in [7, 11) is 0. The Balaban J connectivity index is 2.05. The van der Waals surface area contributed by atoms with Crippen LogP contribution in [-0.2, 0) is 9.53 Å². The van der Waals surface area contributed by atoms with Gasteiger partial charge in [0, 0.05) is 12.1 Å². The van der Waals surface area contributed by atoms with Gasteiger partial charge in [-0.1, -0.05) is 30.3 Å². The standard InChI is InChI=1S/C15H21NO2/c1-10(2)16(11(3)4)15(17)14-13(18-14)12-8-6-5-7-9-12/h5-11,13-14H,1-4H3/t13-,14+/m0/s1. The van der Waals surface area contributed by atoms with Crippen LogP contribution in [0.4, 0.5) is 0 Å². The Hall–Kier alpha value is -1.35. The van der Waals surface area contributed by atoms with Crippen LogP contribution in [0.25, 0.3) is 0 Å². The Morgan fingerprint density at radius 3 is 2.17 bits per heavy atom. The third kappa shape index (κ3) is 2.56. The van der Waals surface area contributed by atoms with E-state index in [4.69, 9.17) is 4.74 Å². The number of benzene rings is 1. The molecule has 2 rings (SSSR count). The topological polar surface area (TPSA) is 32.8 Å². The molecule has 0 spiro atoms. The third-order valence-corrected chi connectivity index (χ3v) is 3.23. The second-order valence-electron chi connectivity index (χ2n) is 5.32. The molecule has 0 radical (unpaired) electrons. The van der Waals surface area contributed by atoms with Gasteiger partial charge in [0.25, 0.3) is 5.91 Å². The van der Waals surface area contributed by atoms with Crippen LogP contribution in [0.3, 0.4) is 0 Å². The summed E-state index contributed by atoms with van der Waals surface area (Å²) in [5, 5.41) is 0. The summed E-state index contributed by atoms with van der Waals surface area (Å²) in [6.07, 6.45) is -0.351. The van der Waals surface area contributed by atoms with Gasteiger partial charge in [0.15, 0.2) is 6.10 Å². The van der Waals surface area contributed by atoms with E-state index in [0.29, 0.717) is 0 Å². The smallest absolute Gasteiger partial charge is 0.255 e. The molecule has 18 heavy (non-hydrogen) atoms. The predicted molar refractivity (Wildman–Crippen MR) is 71.2 cm³/mol. The second kappa shape index (κ2) is 5.11. The monoisotopic (exact) mass is 247 g/mol. The van der Waals surface area contributed by atoms with Crippen molar-refractivity contribution in [3.8, 4) is 0 Å². The number of nitrogens with zero attached hydrogens (tertiary/aromatic N) is 1. The van der Waals surface area contributed by atoms with Gasteiger partial charge in [-0.25, -0.2) is 0 Å². The van der Waals surface area contributed by atoms with Crippen molar-refractivity contribution < 1.29 is 9.53 Å². The first-order valence-electron chi connectivity index (χ1n) is 6.55. The van der Waals surface area contributed by atoms with Crippen molar-refractivity contribution in [2.24, 2.45) is 0 Å². The van der Waals surface area contributed by atoms with Crippen LogP contribution >= 0.6 is 0 Å². The lowest BCUT2D eigenvalue weighted by molar-refractivity contribution is -0.136. The van der Waals surface area contributed by atoms with Gasteiger partial charge in [-0.05, 0) is 33.3 Å². The lowest BCUT2D eigenvalue weighted by atomic mass is 10.1. The van der Waals surface area contributed by atoms with Crippen molar-refractivity contribution in [3.63, 3.8) is 0 Å². The van der Waals surface area contributed by atoms with Gasteiger partial charge < -0.3 is 9.64 Å². The second-order valence-corrected chi connectivity index (χ2v) is 5.32. The molecule has 1 aliphatic heterocycles. The maximum Gasteiger partial charge on any atom is 0.255 e. The van der Waals surface area contributed by atoms with Crippen LogP contribution in [0, 0.1) is 0 Å². The minimum atomic E-state index is -0.294. The highest BCUT2D eigenvalue weighted by Gasteiger charge is 2.48. The first-order valence-corrected chi connectivity index (χ1v) is 6.55. The quantitative estimate of drug-likeness (QED) is 0.766. The van der Waals surface area contributed by atoms with Crippen molar-refractivity contribution in [2.45, 2.75) is 52.0 Å². The summed E-state index contributed by atoms with van der Waals surface area (Å²) in [5.41, 5.74) is 1.09. The van der Waals surface area contributed by atoms with E-state index in [1.165, 1.54) is 0 Å². The van der Waals surface area contributed by atoms with E-state index < -0.39 is 0 Å². The van der Waals surface area contributed by atoms with Crippen molar-refractivity contribution in [2.75, 3.05) is 0 Å². The fourth-order valence-electron chi connectivity index (χ4n) is 2.45. The van der Waals surface area contributed by atoms with Gasteiger partial charge in [-0.3, -0.25) is 4.79 Å². The van der Waals surface area contributed by atoms with Crippen LogP contribution in [0.15, 0.2) is 30.3 Å². The SMILES string of the molecule is CC(C)N(C(=O)[C@@H]1O[C@H]1c1ccccc1)C(C)C. The molecule has 0 aliphatic carbocycles. The number of carbonyl (C=O) groups excluding carboxylic acids is 1. The Bertz CT molecular complexity index is 406. The van der Waals surface area contributed by atoms with E-state index in [1.54, 1.807) is 0 Å². The predicted octanol–water partition coefficient (Wildman–Crippen LogP) is 2.77. The van der Waals surface area contributed by atoms with Crippen LogP contribution in [0.5, 0.6) is 0 Å². The van der Waals surface area contributed by atoms with E-state index >= 15 is 0 Å². The summed E-state index contributed by atoms with van der Waals surface area (Å²) < 4.78 is 5.55. The average Bonchev–Trinajstić information content (AvgIpc) is 3.09. The van der Waals surface area contributed by atoms with Gasteiger partial charge in [-0.15, -0.1) is 0 Å². The number of amides is 1. The fourth-order valence-corrected chi connectivity index (χ4v) is 2.45. The molecule has 2 atom stereocenters. The fraction of sp³-hybridized carbons (Fsp3) is 0.533. The van der Waals surface area contributed by atoms with Crippen LogP contribution in [-0.4, -0.2) is 29.0 Å². The Labute approximate surface area is 109 Å². The number of rotatable bonds is 4. The zero-order chi connectivity index (χ0) is 13.3. The summed E-state index contributed by atoms with van der Waals surface area (Å²) >= 11 is 0. The molecule has 1 aliphatic rings. The molecule has 1 fully saturated rings. The molecule has 3 heteroatoms. The first-order chi connectivity index (χ1) is 8.52. The van der Waals surface area contributed by atoms with Crippen LogP contribution in [0.2, 0.25) is 0 Å². The third-order valence-electron chi connectivity index (χ3n) is 3.23. The zero-order valence-electron chi connectivity index (χ0n) is 11.5. The number of ether oxygens (including phenoxy) is 1. The highest BCUT2D eigenvalue weighted by atomic mass is 16.6. The average molecular weight is 247 g/mol. The molecule has 0 saturated carbocycles. The molecule has 0 N–H and O–H groups in total. The molecular weight excluding hydrogens is 226 g/mol. The number of hydrogen-bond acceptors (Lipinski definition) is 2. The molecular formula is C15H21NO2. The number of hydrogen-bond donors (Lipinski definition) is 0. The lowest BCUT2D eigenvalue weighted by Gasteiger charge is -2.30. The van der Waals surface area contributed by atoms with Gasteiger partial charge in [0.2, 0.25) is 0 Å². The van der Waals surface area contributed by atoms with Gasteiger partial charge in [0.1, 0.15) is 6.10 Å². The summed E-state index contributed by atoms with van der Waals surface area (Å²) in [6, 6.07) is 10.3. The van der Waals surface area contributed by atoms with Crippen LogP contribution in [0.1, 0.15) is 39.4 Å². The molecule has 0 unspecified atom stereocenters. The maximum absolute atomic E-state index is 12.4. The lowest BCUT2D eigenvalue weighted by Crippen LogP contribution is -2.44.